The predicted molar refractivity (Wildman–Crippen MR) is 182 cm³/mol. The highest BCUT2D eigenvalue weighted by atomic mass is 32.2. The van der Waals surface area contributed by atoms with Crippen LogP contribution in [0.25, 0.3) is 0 Å². The van der Waals surface area contributed by atoms with Gasteiger partial charge >= 0.3 is 22.5 Å². The summed E-state index contributed by atoms with van der Waals surface area (Å²) in [6.45, 7) is 1.69. The van der Waals surface area contributed by atoms with Crippen molar-refractivity contribution in [1.29, 1.82) is 0 Å². The summed E-state index contributed by atoms with van der Waals surface area (Å²) >= 11 is 0. The van der Waals surface area contributed by atoms with E-state index in [-0.39, 0.29) is 29.4 Å². The maximum absolute atomic E-state index is 14.0. The number of rotatable bonds is 11. The molecule has 3 amide bonds. The van der Waals surface area contributed by atoms with Crippen molar-refractivity contribution in [3.8, 4) is 17.2 Å². The van der Waals surface area contributed by atoms with Gasteiger partial charge in [0.15, 0.2) is 0 Å². The second-order valence-corrected chi connectivity index (χ2v) is 14.3. The lowest BCUT2D eigenvalue weighted by molar-refractivity contribution is -0.928. The fourth-order valence-electron chi connectivity index (χ4n) is 6.14. The molecule has 1 heterocycles. The zero-order valence-corrected chi connectivity index (χ0v) is 28.7. The Morgan fingerprint density at radius 2 is 1.54 bits per heavy atom. The summed E-state index contributed by atoms with van der Waals surface area (Å²) in [4.78, 5) is 28.6. The molecule has 0 bridgehead atoms. The lowest BCUT2D eigenvalue weighted by Crippen LogP contribution is -2.62. The molecule has 4 aromatic carbocycles. The lowest BCUT2D eigenvalue weighted by atomic mass is 9.98. The first-order valence-corrected chi connectivity index (χ1v) is 17.6. The van der Waals surface area contributed by atoms with Gasteiger partial charge in [-0.05, 0) is 97.6 Å². The van der Waals surface area contributed by atoms with Gasteiger partial charge in [-0.3, -0.25) is 9.69 Å². The Labute approximate surface area is 297 Å². The topological polar surface area (TPSA) is 148 Å². The number of nitrogens with zero attached hydrogens (tertiary/aromatic N) is 2. The number of halogens is 4. The van der Waals surface area contributed by atoms with Crippen LogP contribution in [0.5, 0.6) is 17.2 Å². The number of phenolic OH excluding ortho intramolecular Hbond substituents is 1. The van der Waals surface area contributed by atoms with Crippen molar-refractivity contribution in [2.24, 2.45) is 5.73 Å². The van der Waals surface area contributed by atoms with Crippen molar-refractivity contribution in [3.63, 3.8) is 0 Å². The SMILES string of the molecule is C[N+]1(Cc2ccc(F)cc2)CCC[C@H](N(C(=O)Nc2ccc(OS(=O)(=O)c3ccc(OC(F)(F)F)cc3)cc2)C(=O)[C@@H](N)Cc2ccc(O)cc2)C1. The monoisotopic (exact) mass is 745 g/mol. The maximum Gasteiger partial charge on any atom is 0.573 e. The number of aromatic hydroxyl groups is 1. The molecule has 0 aromatic heterocycles. The molecular formula is C36H37F4N4O7S+. The van der Waals surface area contributed by atoms with Gasteiger partial charge in [-0.25, -0.2) is 9.18 Å². The Bertz CT molecular complexity index is 1960. The number of quaternary nitrogens is 1. The summed E-state index contributed by atoms with van der Waals surface area (Å²) < 4.78 is 85.8. The summed E-state index contributed by atoms with van der Waals surface area (Å²) in [5.74, 6) is -1.69. The van der Waals surface area contributed by atoms with Crippen molar-refractivity contribution >= 4 is 27.7 Å². The summed E-state index contributed by atoms with van der Waals surface area (Å²) in [6.07, 6.45) is -3.66. The molecule has 5 rings (SSSR count). The number of amides is 3. The maximum atomic E-state index is 14.0. The number of ether oxygens (including phenoxy) is 1. The van der Waals surface area contributed by atoms with Crippen LogP contribution in [0.3, 0.4) is 0 Å². The first-order chi connectivity index (χ1) is 24.5. The standard InChI is InChI=1S/C36H36F4N4O7S/c1-44(22-25-4-8-26(37)9-5-25)20-2-3-28(23-44)43(34(46)33(41)21-24-6-12-29(45)13-7-24)35(47)42-27-10-14-31(15-11-27)51-52(48,49)32-18-16-30(17-19-32)50-36(38,39)40/h4-19,28,33H,2-3,20-23,41H2,1H3,(H-,42,45,47)/p+1/t28-,33-,44?/m0/s1. The number of carbonyl (C=O) groups excluding carboxylic acids is 2. The van der Waals surface area contributed by atoms with Gasteiger partial charge in [0.2, 0.25) is 5.91 Å². The van der Waals surface area contributed by atoms with Crippen LogP contribution in [0.1, 0.15) is 24.0 Å². The van der Waals surface area contributed by atoms with Gasteiger partial charge in [0, 0.05) is 11.3 Å². The number of anilines is 1. The van der Waals surface area contributed by atoms with E-state index in [4.69, 9.17) is 9.92 Å². The van der Waals surface area contributed by atoms with E-state index in [1.54, 1.807) is 24.3 Å². The number of urea groups is 1. The third kappa shape index (κ3) is 10.2. The molecule has 11 nitrogen and oxygen atoms in total. The first kappa shape index (κ1) is 38.1. The molecule has 1 fully saturated rings. The molecular weight excluding hydrogens is 708 g/mol. The van der Waals surface area contributed by atoms with Crippen molar-refractivity contribution in [1.82, 2.24) is 4.90 Å². The second-order valence-electron chi connectivity index (χ2n) is 12.8. The van der Waals surface area contributed by atoms with Crippen molar-refractivity contribution in [2.45, 2.75) is 49.1 Å². The van der Waals surface area contributed by atoms with E-state index in [1.165, 1.54) is 48.5 Å². The van der Waals surface area contributed by atoms with E-state index in [9.17, 15) is 40.7 Å². The summed E-state index contributed by atoms with van der Waals surface area (Å²) in [7, 11) is -2.44. The molecule has 1 saturated heterocycles. The molecule has 4 N–H and O–H groups in total. The second kappa shape index (κ2) is 15.6. The summed E-state index contributed by atoms with van der Waals surface area (Å²) in [6, 6.07) is 18.7. The largest absolute Gasteiger partial charge is 0.573 e. The highest BCUT2D eigenvalue weighted by Gasteiger charge is 2.41. The van der Waals surface area contributed by atoms with Crippen LogP contribution >= 0.6 is 0 Å². The van der Waals surface area contributed by atoms with Gasteiger partial charge in [0.1, 0.15) is 41.1 Å². The van der Waals surface area contributed by atoms with Crippen LogP contribution in [0.4, 0.5) is 28.0 Å². The van der Waals surface area contributed by atoms with Gasteiger partial charge < -0.3 is 29.6 Å². The summed E-state index contributed by atoms with van der Waals surface area (Å²) in [5.41, 5.74) is 8.16. The Kier molecular flexibility index (Phi) is 11.4. The molecule has 1 aliphatic heterocycles. The zero-order chi connectivity index (χ0) is 37.7. The summed E-state index contributed by atoms with van der Waals surface area (Å²) in [5, 5.41) is 12.3. The molecule has 52 heavy (non-hydrogen) atoms. The Morgan fingerprint density at radius 3 is 2.15 bits per heavy atom. The van der Waals surface area contributed by atoms with Crippen LogP contribution < -0.4 is 20.0 Å². The fraction of sp³-hybridized carbons (Fsp3) is 0.278. The number of piperidine rings is 1. The van der Waals surface area contributed by atoms with E-state index >= 15 is 0 Å². The number of likely N-dealkylation sites (tertiary alicyclic amines) is 1. The number of nitrogens with one attached hydrogen (secondary N) is 1. The Morgan fingerprint density at radius 1 is 0.942 bits per heavy atom. The third-order valence-electron chi connectivity index (χ3n) is 8.55. The smallest absolute Gasteiger partial charge is 0.508 e. The normalized spacial score (nSPS) is 18.2. The minimum atomic E-state index is -4.94. The average Bonchev–Trinajstić information content (AvgIpc) is 3.07. The van der Waals surface area contributed by atoms with Crippen LogP contribution in [0.15, 0.2) is 102 Å². The van der Waals surface area contributed by atoms with E-state index in [0.717, 1.165) is 41.3 Å². The number of alkyl halides is 3. The van der Waals surface area contributed by atoms with Gasteiger partial charge in [-0.2, -0.15) is 8.42 Å². The van der Waals surface area contributed by atoms with E-state index in [0.29, 0.717) is 36.0 Å². The number of imide groups is 1. The number of phenols is 1. The van der Waals surface area contributed by atoms with E-state index in [2.05, 4.69) is 10.1 Å². The molecule has 0 saturated carbocycles. The lowest BCUT2D eigenvalue weighted by Gasteiger charge is -2.44. The molecule has 4 aromatic rings. The molecule has 276 valence electrons. The fourth-order valence-corrected chi connectivity index (χ4v) is 7.07. The van der Waals surface area contributed by atoms with Crippen LogP contribution in [0, 0.1) is 5.82 Å². The van der Waals surface area contributed by atoms with Gasteiger partial charge in [-0.15, -0.1) is 13.2 Å². The minimum Gasteiger partial charge on any atom is -0.508 e. The number of likely N-dealkylation sites (N-methyl/N-ethyl adjacent to an activating group) is 1. The van der Waals surface area contributed by atoms with Crippen molar-refractivity contribution < 1.29 is 54.1 Å². The van der Waals surface area contributed by atoms with Crippen LogP contribution in [-0.4, -0.2) is 73.4 Å². The molecule has 0 aliphatic carbocycles. The predicted octanol–water partition coefficient (Wildman–Crippen LogP) is 5.94. The molecule has 0 radical (unpaired) electrons. The van der Waals surface area contributed by atoms with E-state index in [1.807, 2.05) is 7.05 Å². The molecule has 1 aliphatic rings. The number of benzene rings is 4. The van der Waals surface area contributed by atoms with Crippen molar-refractivity contribution in [2.75, 3.05) is 25.5 Å². The highest BCUT2D eigenvalue weighted by molar-refractivity contribution is 7.87. The van der Waals surface area contributed by atoms with Gasteiger partial charge in [0.05, 0.1) is 25.7 Å². The van der Waals surface area contributed by atoms with Gasteiger partial charge in [-0.1, -0.05) is 24.3 Å². The van der Waals surface area contributed by atoms with Gasteiger partial charge in [0.25, 0.3) is 0 Å². The van der Waals surface area contributed by atoms with E-state index < -0.39 is 51.1 Å². The van der Waals surface area contributed by atoms with Crippen LogP contribution in [0.2, 0.25) is 0 Å². The zero-order valence-electron chi connectivity index (χ0n) is 27.9. The minimum absolute atomic E-state index is 0.0488. The molecule has 0 spiro atoms. The highest BCUT2D eigenvalue weighted by Crippen LogP contribution is 2.28. The third-order valence-corrected chi connectivity index (χ3v) is 9.81. The molecule has 3 atom stereocenters. The average molecular weight is 746 g/mol. The number of nitrogens with two attached hydrogens (primary N) is 1. The van der Waals surface area contributed by atoms with Crippen LogP contribution in [-0.2, 0) is 27.9 Å². The molecule has 16 heteroatoms. The number of carbonyl (C=O) groups is 2. The first-order valence-electron chi connectivity index (χ1n) is 16.1. The molecule has 1 unspecified atom stereocenters. The number of hydrogen-bond donors (Lipinski definition) is 3. The quantitative estimate of drug-likeness (QED) is 0.0972. The Hall–Kier alpha value is -5.19. The van der Waals surface area contributed by atoms with Crippen molar-refractivity contribution in [3.05, 3.63) is 114 Å². The number of hydrogen-bond acceptors (Lipinski definition) is 8. The Balaban J connectivity index is 1.32.